The first-order valence-electron chi connectivity index (χ1n) is 17.2. The number of aliphatic hydroxyl groups excluding tert-OH is 1. The standard InChI is InChI=1S/C27H21N2S2.C15H28O2.Ir/c1-15-11-19-21(30-15)9-10-22-23(19)24-25(28-14-29-26(24)31-22)17-12-16-7-5-6-8-18(16)20(13-17)27(2,3)4;1-7-14(5,8-2)12(16)11-13(17)15(6,9-3)10-4;/h5-11,13-14H,1-4H3;11,16H,7-10H2,1-6H3;/q-1;;/b;12-11-;. The molecule has 0 fully saturated rings. The van der Waals surface area contributed by atoms with E-state index >= 15 is 0 Å². The van der Waals surface area contributed by atoms with Gasteiger partial charge in [0.15, 0.2) is 5.78 Å². The Labute approximate surface area is 313 Å². The molecule has 1 radical (unpaired) electrons. The van der Waals surface area contributed by atoms with Crippen LogP contribution in [0, 0.1) is 23.8 Å². The Morgan fingerprint density at radius 2 is 1.45 bits per heavy atom. The number of carbonyl (C=O) groups is 1. The van der Waals surface area contributed by atoms with Crippen LogP contribution >= 0.6 is 22.7 Å². The molecular formula is C42H49IrN2O2S2-. The monoisotopic (exact) mass is 870 g/mol. The topological polar surface area (TPSA) is 63.1 Å². The molecule has 0 aliphatic carbocycles. The maximum absolute atomic E-state index is 12.2. The van der Waals surface area contributed by atoms with Crippen molar-refractivity contribution in [3.8, 4) is 11.3 Å². The first kappa shape index (κ1) is 38.8. The molecule has 6 aromatic rings. The second-order valence-electron chi connectivity index (χ2n) is 14.5. The predicted octanol–water partition coefficient (Wildman–Crippen LogP) is 12.9. The Hall–Kier alpha value is -2.96. The zero-order valence-corrected chi connectivity index (χ0v) is 34.5. The second kappa shape index (κ2) is 15.1. The van der Waals surface area contributed by atoms with Gasteiger partial charge in [0, 0.05) is 73.1 Å². The molecule has 0 aliphatic heterocycles. The van der Waals surface area contributed by atoms with Crippen LogP contribution in [-0.2, 0) is 30.3 Å². The van der Waals surface area contributed by atoms with E-state index in [0.717, 1.165) is 52.5 Å². The second-order valence-corrected chi connectivity index (χ2v) is 16.9. The molecular weight excluding hydrogens is 821 g/mol. The minimum atomic E-state index is -0.337. The number of hydrogen-bond acceptors (Lipinski definition) is 6. The molecule has 261 valence electrons. The predicted molar refractivity (Wildman–Crippen MR) is 209 cm³/mol. The number of allylic oxidation sites excluding steroid dienone is 2. The third-order valence-corrected chi connectivity index (χ3v) is 12.6. The van der Waals surface area contributed by atoms with Gasteiger partial charge in [-0.2, -0.15) is 0 Å². The van der Waals surface area contributed by atoms with Crippen molar-refractivity contribution in [1.29, 1.82) is 0 Å². The Morgan fingerprint density at radius 3 is 2.08 bits per heavy atom. The van der Waals surface area contributed by atoms with Crippen molar-refractivity contribution in [3.63, 3.8) is 0 Å². The van der Waals surface area contributed by atoms with Crippen molar-refractivity contribution in [2.75, 3.05) is 0 Å². The Balaban J connectivity index is 0.000000260. The van der Waals surface area contributed by atoms with Crippen molar-refractivity contribution >= 4 is 69.6 Å². The fourth-order valence-electron chi connectivity index (χ4n) is 6.20. The van der Waals surface area contributed by atoms with Crippen molar-refractivity contribution in [2.45, 2.75) is 100 Å². The average Bonchev–Trinajstić information content (AvgIpc) is 3.66. The van der Waals surface area contributed by atoms with E-state index in [9.17, 15) is 9.90 Å². The van der Waals surface area contributed by atoms with Crippen molar-refractivity contribution in [2.24, 2.45) is 10.8 Å². The summed E-state index contributed by atoms with van der Waals surface area (Å²) in [5, 5.41) is 16.3. The molecule has 3 heterocycles. The van der Waals surface area contributed by atoms with Crippen LogP contribution in [0.1, 0.15) is 98.4 Å². The Kier molecular flexibility index (Phi) is 12.0. The van der Waals surface area contributed by atoms with Gasteiger partial charge in [-0.05, 0) is 56.2 Å². The van der Waals surface area contributed by atoms with Crippen molar-refractivity contribution in [3.05, 3.63) is 83.2 Å². The molecule has 6 rings (SSSR count). The molecule has 7 heteroatoms. The number of aliphatic hydroxyl groups is 1. The summed E-state index contributed by atoms with van der Waals surface area (Å²) in [6.45, 7) is 21.1. The number of ketones is 1. The van der Waals surface area contributed by atoms with Crippen LogP contribution in [-0.4, -0.2) is 20.9 Å². The van der Waals surface area contributed by atoms with Crippen molar-refractivity contribution < 1.29 is 30.0 Å². The number of aryl methyl sites for hydroxylation is 1. The number of carbonyl (C=O) groups excluding carboxylic acids is 1. The van der Waals surface area contributed by atoms with Gasteiger partial charge in [0.05, 0.1) is 0 Å². The van der Waals surface area contributed by atoms with Gasteiger partial charge >= 0.3 is 0 Å². The van der Waals surface area contributed by atoms with Gasteiger partial charge in [-0.15, -0.1) is 51.8 Å². The van der Waals surface area contributed by atoms with Gasteiger partial charge in [0.2, 0.25) is 0 Å². The molecule has 0 atom stereocenters. The molecule has 0 bridgehead atoms. The molecule has 49 heavy (non-hydrogen) atoms. The van der Waals surface area contributed by atoms with Crippen LogP contribution in [0.2, 0.25) is 0 Å². The zero-order chi connectivity index (χ0) is 35.0. The van der Waals surface area contributed by atoms with E-state index in [-0.39, 0.29) is 47.9 Å². The van der Waals surface area contributed by atoms with Gasteiger partial charge in [0.1, 0.15) is 16.9 Å². The minimum Gasteiger partial charge on any atom is -0.512 e. The molecule has 0 spiro atoms. The van der Waals surface area contributed by atoms with Crippen LogP contribution < -0.4 is 0 Å². The molecule has 1 N–H and O–H groups in total. The van der Waals surface area contributed by atoms with Crippen molar-refractivity contribution in [1.82, 2.24) is 9.97 Å². The fourth-order valence-corrected chi connectivity index (χ4v) is 8.19. The largest absolute Gasteiger partial charge is 0.512 e. The zero-order valence-electron chi connectivity index (χ0n) is 30.5. The summed E-state index contributed by atoms with van der Waals surface area (Å²) < 4.78 is 2.58. The number of rotatable bonds is 8. The molecule has 3 aromatic heterocycles. The smallest absolute Gasteiger partial charge is 0.164 e. The fraction of sp³-hybridized carbons (Fsp3) is 0.405. The van der Waals surface area contributed by atoms with Gasteiger partial charge < -0.3 is 5.11 Å². The molecule has 3 aromatic carbocycles. The van der Waals surface area contributed by atoms with E-state index in [1.54, 1.807) is 17.7 Å². The number of thiophene rings is 2. The SMILES string of the molecule is CCC(C)(CC)C(=O)/C=C(\O)C(C)(CC)CC.Cc1cc2c(ccc3sc4ncnc(-c5[c-]c6ccccc6c(C(C)(C)C)c5)c4c32)s1.[Ir]. The molecule has 0 amide bonds. The normalized spacial score (nSPS) is 12.7. The summed E-state index contributed by atoms with van der Waals surface area (Å²) in [7, 11) is 0. The van der Waals surface area contributed by atoms with Crippen LogP contribution in [0.15, 0.2) is 66.7 Å². The summed E-state index contributed by atoms with van der Waals surface area (Å²) in [5.41, 5.74) is 2.75. The first-order chi connectivity index (χ1) is 22.7. The third-order valence-electron chi connectivity index (χ3n) is 10.5. The Morgan fingerprint density at radius 1 is 0.816 bits per heavy atom. The molecule has 0 saturated carbocycles. The molecule has 0 aliphatic rings. The van der Waals surface area contributed by atoms with E-state index in [2.05, 4.69) is 87.3 Å². The van der Waals surface area contributed by atoms with Gasteiger partial charge in [-0.3, -0.25) is 9.78 Å². The number of nitrogens with zero attached hydrogens (tertiary/aromatic N) is 2. The number of hydrogen-bond donors (Lipinski definition) is 1. The van der Waals surface area contributed by atoms with Crippen LogP contribution in [0.25, 0.3) is 52.4 Å². The van der Waals surface area contributed by atoms with Gasteiger partial charge in [0.25, 0.3) is 0 Å². The number of aromatic nitrogens is 2. The summed E-state index contributed by atoms with van der Waals surface area (Å²) in [5.74, 6) is 0.286. The van der Waals surface area contributed by atoms with Gasteiger partial charge in [-0.25, -0.2) is 4.98 Å². The molecule has 4 nitrogen and oxygen atoms in total. The summed E-state index contributed by atoms with van der Waals surface area (Å²) >= 11 is 3.59. The summed E-state index contributed by atoms with van der Waals surface area (Å²) in [6.07, 6.45) is 6.45. The number of fused-ring (bicyclic) bond motifs is 6. The molecule has 0 unspecified atom stereocenters. The average molecular weight is 870 g/mol. The van der Waals surface area contributed by atoms with E-state index in [1.807, 2.05) is 52.9 Å². The van der Waals surface area contributed by atoms with Crippen LogP contribution in [0.3, 0.4) is 0 Å². The van der Waals surface area contributed by atoms with E-state index in [1.165, 1.54) is 42.1 Å². The quantitative estimate of drug-likeness (QED) is 0.0940. The molecule has 0 saturated heterocycles. The number of benzene rings is 3. The van der Waals surface area contributed by atoms with E-state index in [4.69, 9.17) is 4.98 Å². The minimum absolute atomic E-state index is 0. The first-order valence-corrected chi connectivity index (χ1v) is 18.8. The van der Waals surface area contributed by atoms with Gasteiger partial charge in [-0.1, -0.05) is 91.5 Å². The van der Waals surface area contributed by atoms with Crippen LogP contribution in [0.4, 0.5) is 0 Å². The summed E-state index contributed by atoms with van der Waals surface area (Å²) in [4.78, 5) is 24.0. The maximum Gasteiger partial charge on any atom is 0.164 e. The van der Waals surface area contributed by atoms with E-state index in [0.29, 0.717) is 0 Å². The third kappa shape index (κ3) is 7.56. The maximum atomic E-state index is 12.2. The van der Waals surface area contributed by atoms with Crippen LogP contribution in [0.5, 0.6) is 0 Å². The van der Waals surface area contributed by atoms with E-state index < -0.39 is 0 Å². The summed E-state index contributed by atoms with van der Waals surface area (Å²) in [6, 6.07) is 21.3. The Bertz CT molecular complexity index is 2140.